The molecule has 1 aliphatic carbocycles. The van der Waals surface area contributed by atoms with Gasteiger partial charge in [0.2, 0.25) is 0 Å². The number of fused-ring (bicyclic) bond motifs is 3. The molecule has 1 atom stereocenters. The second-order valence-corrected chi connectivity index (χ2v) is 21.3. The Morgan fingerprint density at radius 1 is 0.796 bits per heavy atom. The van der Waals surface area contributed by atoms with Gasteiger partial charge in [0.1, 0.15) is 5.58 Å². The molecular formula is C49H52IrN2OSi-2. The third-order valence-corrected chi connectivity index (χ3v) is 13.2. The van der Waals surface area contributed by atoms with Gasteiger partial charge in [-0.05, 0) is 58.3 Å². The van der Waals surface area contributed by atoms with Crippen LogP contribution in [0.5, 0.6) is 0 Å². The summed E-state index contributed by atoms with van der Waals surface area (Å²) in [7, 11) is -1.36. The topological polar surface area (TPSA) is 38.9 Å². The van der Waals surface area contributed by atoms with E-state index in [1.807, 2.05) is 36.5 Å². The number of hydrogen-bond donors (Lipinski definition) is 0. The Hall–Kier alpha value is -4.15. The summed E-state index contributed by atoms with van der Waals surface area (Å²) >= 11 is 0. The van der Waals surface area contributed by atoms with E-state index in [-0.39, 0.29) is 20.1 Å². The molecule has 5 heteroatoms. The second-order valence-electron chi connectivity index (χ2n) is 16.2. The molecule has 1 saturated carbocycles. The van der Waals surface area contributed by atoms with E-state index in [0.29, 0.717) is 11.8 Å². The molecule has 54 heavy (non-hydrogen) atoms. The van der Waals surface area contributed by atoms with Crippen molar-refractivity contribution in [2.24, 2.45) is 11.8 Å². The van der Waals surface area contributed by atoms with Gasteiger partial charge in [0, 0.05) is 37.9 Å². The van der Waals surface area contributed by atoms with Gasteiger partial charge in [-0.3, -0.25) is 0 Å². The minimum absolute atomic E-state index is 0. The number of furan rings is 1. The van der Waals surface area contributed by atoms with Crippen LogP contribution in [0.15, 0.2) is 120 Å². The number of para-hydroxylation sites is 1. The van der Waals surface area contributed by atoms with Gasteiger partial charge in [-0.2, -0.15) is 0 Å². The van der Waals surface area contributed by atoms with Gasteiger partial charge in [-0.15, -0.1) is 48.0 Å². The van der Waals surface area contributed by atoms with Crippen LogP contribution in [-0.2, 0) is 26.5 Å². The van der Waals surface area contributed by atoms with Crippen molar-refractivity contribution in [1.82, 2.24) is 9.97 Å². The van der Waals surface area contributed by atoms with Crippen LogP contribution in [-0.4, -0.2) is 18.0 Å². The van der Waals surface area contributed by atoms with Gasteiger partial charge < -0.3 is 14.4 Å². The quantitative estimate of drug-likeness (QED) is 0.113. The third-order valence-electron chi connectivity index (χ3n) is 11.1. The number of rotatable bonds is 8. The van der Waals surface area contributed by atoms with E-state index in [9.17, 15) is 0 Å². The number of nitrogens with zero attached hydrogens (tertiary/aromatic N) is 2. The predicted molar refractivity (Wildman–Crippen MR) is 226 cm³/mol. The summed E-state index contributed by atoms with van der Waals surface area (Å²) in [6, 6.07) is 42.4. The summed E-state index contributed by atoms with van der Waals surface area (Å²) in [5.41, 5.74) is 10.9. The SMILES string of the molecule is CC(C)C(C)c1ccnc(-c2[c-]cc(-c3ccccc3)c3c2oc2ccccc23)c1.C[Si](C)(C)c1cnc(-c2[c-]cccc2)cc1CC1CCCCC1.[Ir]. The van der Waals surface area contributed by atoms with Gasteiger partial charge in [0.15, 0.2) is 0 Å². The zero-order valence-corrected chi connectivity index (χ0v) is 36.0. The normalized spacial score (nSPS) is 14.1. The molecule has 0 saturated heterocycles. The fraction of sp³-hybridized carbons (Fsp3) is 0.306. The fourth-order valence-corrected chi connectivity index (χ4v) is 9.39. The van der Waals surface area contributed by atoms with E-state index in [2.05, 4.69) is 137 Å². The van der Waals surface area contributed by atoms with Crippen molar-refractivity contribution < 1.29 is 24.5 Å². The molecule has 0 amide bonds. The molecule has 0 spiro atoms. The molecule has 8 rings (SSSR count). The smallest absolute Gasteiger partial charge is 0.120 e. The maximum absolute atomic E-state index is 6.38. The first-order valence-corrected chi connectivity index (χ1v) is 23.0. The van der Waals surface area contributed by atoms with Crippen molar-refractivity contribution in [3.05, 3.63) is 139 Å². The minimum Gasteiger partial charge on any atom is -0.501 e. The van der Waals surface area contributed by atoms with E-state index in [1.165, 1.54) is 44.1 Å². The molecule has 1 aliphatic rings. The van der Waals surface area contributed by atoms with E-state index in [1.54, 1.807) is 10.8 Å². The average molecular weight is 905 g/mol. The molecule has 3 heterocycles. The van der Waals surface area contributed by atoms with Crippen LogP contribution in [0.1, 0.15) is 69.9 Å². The second kappa shape index (κ2) is 17.5. The summed E-state index contributed by atoms with van der Waals surface area (Å²) in [5, 5.41) is 3.78. The van der Waals surface area contributed by atoms with Crippen LogP contribution in [0.2, 0.25) is 19.6 Å². The largest absolute Gasteiger partial charge is 0.501 e. The molecule has 0 bridgehead atoms. The van der Waals surface area contributed by atoms with Crippen molar-refractivity contribution in [3.8, 4) is 33.6 Å². The molecule has 1 radical (unpaired) electrons. The number of aromatic nitrogens is 2. The molecule has 0 N–H and O–H groups in total. The van der Waals surface area contributed by atoms with Crippen LogP contribution < -0.4 is 5.19 Å². The van der Waals surface area contributed by atoms with Gasteiger partial charge in [0.25, 0.3) is 0 Å². The molecule has 0 aliphatic heterocycles. The summed E-state index contributed by atoms with van der Waals surface area (Å²) in [5.74, 6) is 1.89. The molecule has 279 valence electrons. The zero-order valence-electron chi connectivity index (χ0n) is 32.6. The summed E-state index contributed by atoms with van der Waals surface area (Å²) in [4.78, 5) is 9.46. The van der Waals surface area contributed by atoms with Crippen molar-refractivity contribution in [1.29, 1.82) is 0 Å². The van der Waals surface area contributed by atoms with Crippen LogP contribution in [0, 0.1) is 24.0 Å². The van der Waals surface area contributed by atoms with E-state index < -0.39 is 8.07 Å². The van der Waals surface area contributed by atoms with Gasteiger partial charge >= 0.3 is 0 Å². The first-order valence-electron chi connectivity index (χ1n) is 19.5. The molecule has 3 nitrogen and oxygen atoms in total. The summed E-state index contributed by atoms with van der Waals surface area (Å²) < 4.78 is 6.38. The summed E-state index contributed by atoms with van der Waals surface area (Å²) in [6.07, 6.45) is 12.4. The monoisotopic (exact) mass is 905 g/mol. The van der Waals surface area contributed by atoms with E-state index in [0.717, 1.165) is 61.5 Å². The van der Waals surface area contributed by atoms with Crippen molar-refractivity contribution in [3.63, 3.8) is 0 Å². The average Bonchev–Trinajstić information content (AvgIpc) is 3.58. The van der Waals surface area contributed by atoms with E-state index >= 15 is 0 Å². The molecule has 1 unspecified atom stereocenters. The van der Waals surface area contributed by atoms with Gasteiger partial charge in [0.05, 0.1) is 13.7 Å². The fourth-order valence-electron chi connectivity index (χ4n) is 7.80. The van der Waals surface area contributed by atoms with Crippen LogP contribution >= 0.6 is 0 Å². The molecule has 1 fully saturated rings. The maximum Gasteiger partial charge on any atom is 0.120 e. The Labute approximate surface area is 337 Å². The van der Waals surface area contributed by atoms with Crippen LogP contribution in [0.4, 0.5) is 0 Å². The molecule has 3 aromatic heterocycles. The third kappa shape index (κ3) is 8.86. The first kappa shape index (κ1) is 39.5. The van der Waals surface area contributed by atoms with Crippen LogP contribution in [0.3, 0.4) is 0 Å². The van der Waals surface area contributed by atoms with Crippen molar-refractivity contribution >= 4 is 35.2 Å². The number of pyridine rings is 2. The first-order chi connectivity index (χ1) is 25.7. The Morgan fingerprint density at radius 2 is 1.54 bits per heavy atom. The van der Waals surface area contributed by atoms with E-state index in [4.69, 9.17) is 9.40 Å². The van der Waals surface area contributed by atoms with Crippen LogP contribution in [0.25, 0.3) is 55.6 Å². The number of benzene rings is 4. The predicted octanol–water partition coefficient (Wildman–Crippen LogP) is 13.1. The maximum atomic E-state index is 6.38. The Morgan fingerprint density at radius 3 is 2.26 bits per heavy atom. The zero-order chi connectivity index (χ0) is 37.0. The van der Waals surface area contributed by atoms with Gasteiger partial charge in [-0.25, -0.2) is 0 Å². The Balaban J connectivity index is 0.000000187. The van der Waals surface area contributed by atoms with Crippen molar-refractivity contribution in [2.45, 2.75) is 84.9 Å². The summed E-state index contributed by atoms with van der Waals surface area (Å²) in [6.45, 7) is 14.1. The Kier molecular flexibility index (Phi) is 12.8. The molecule has 7 aromatic rings. The van der Waals surface area contributed by atoms with Gasteiger partial charge in [-0.1, -0.05) is 161 Å². The van der Waals surface area contributed by atoms with Crippen molar-refractivity contribution in [2.75, 3.05) is 0 Å². The standard InChI is InChI=1S/C28H24NO.C21H28NSi.Ir/c1-18(2)19(3)21-15-16-29-25(17-21)23-14-13-22(20-9-5-4-6-10-20)27-24-11-7-8-12-26(24)30-28(23)27;1-23(2,3)21-16-22-20(18-12-8-5-9-13-18)15-19(21)14-17-10-6-4-7-11-17;/h4-13,15-19H,1-3H3;5,8-9,12,15-17H,4,6-7,10-11,14H2,1-3H3;/q2*-1;. The molecular weight excluding hydrogens is 853 g/mol. The molecule has 4 aromatic carbocycles. The Bertz CT molecular complexity index is 2290. The number of hydrogen-bond acceptors (Lipinski definition) is 3. The minimum atomic E-state index is -1.36.